The molecule has 1 rings (SSSR count). The molecular weight excluding hydrogens is 172 g/mol. The Morgan fingerprint density at radius 2 is 2.42 bits per heavy atom. The molecule has 0 radical (unpaired) electrons. The Morgan fingerprint density at radius 1 is 1.58 bits per heavy atom. The SMILES string of the molecule is Nc1cnccc1SCCCO. The van der Waals surface area contributed by atoms with Crippen molar-refractivity contribution in [2.24, 2.45) is 0 Å². The fraction of sp³-hybridized carbons (Fsp3) is 0.375. The van der Waals surface area contributed by atoms with Crippen LogP contribution in [-0.4, -0.2) is 22.5 Å². The van der Waals surface area contributed by atoms with Crippen molar-refractivity contribution in [2.45, 2.75) is 11.3 Å². The molecule has 0 fully saturated rings. The first kappa shape index (κ1) is 9.35. The second-order valence-electron chi connectivity index (χ2n) is 2.34. The Labute approximate surface area is 76.0 Å². The lowest BCUT2D eigenvalue weighted by Gasteiger charge is -2.02. The standard InChI is InChI=1S/C8H12N2OS/c9-7-6-10-3-2-8(7)12-5-1-4-11/h2-3,6,11H,1,4-5,9H2. The van der Waals surface area contributed by atoms with Crippen molar-refractivity contribution < 1.29 is 5.11 Å². The summed E-state index contributed by atoms with van der Waals surface area (Å²) in [7, 11) is 0. The van der Waals surface area contributed by atoms with Gasteiger partial charge in [0.25, 0.3) is 0 Å². The lowest BCUT2D eigenvalue weighted by Crippen LogP contribution is -1.91. The van der Waals surface area contributed by atoms with Crippen molar-refractivity contribution in [1.29, 1.82) is 0 Å². The average Bonchev–Trinajstić information content (AvgIpc) is 2.09. The van der Waals surface area contributed by atoms with Crippen LogP contribution in [0.3, 0.4) is 0 Å². The zero-order valence-electron chi connectivity index (χ0n) is 6.73. The molecule has 0 aromatic carbocycles. The summed E-state index contributed by atoms with van der Waals surface area (Å²) in [5.41, 5.74) is 6.37. The Balaban J connectivity index is 2.46. The van der Waals surface area contributed by atoms with Crippen molar-refractivity contribution in [3.8, 4) is 0 Å². The van der Waals surface area contributed by atoms with Gasteiger partial charge >= 0.3 is 0 Å². The van der Waals surface area contributed by atoms with E-state index in [1.807, 2.05) is 6.07 Å². The Morgan fingerprint density at radius 3 is 3.08 bits per heavy atom. The van der Waals surface area contributed by atoms with Gasteiger partial charge in [-0.15, -0.1) is 11.8 Å². The van der Waals surface area contributed by atoms with Crippen LogP contribution in [0.4, 0.5) is 5.69 Å². The first-order chi connectivity index (χ1) is 5.84. The molecule has 3 nitrogen and oxygen atoms in total. The number of rotatable bonds is 4. The van der Waals surface area contributed by atoms with Gasteiger partial charge in [0.1, 0.15) is 0 Å². The van der Waals surface area contributed by atoms with E-state index in [4.69, 9.17) is 10.8 Å². The van der Waals surface area contributed by atoms with Crippen molar-refractivity contribution in [2.75, 3.05) is 18.1 Å². The predicted octanol–water partition coefficient (Wildman–Crippen LogP) is 1.14. The van der Waals surface area contributed by atoms with Gasteiger partial charge in [0.05, 0.1) is 11.9 Å². The third-order valence-electron chi connectivity index (χ3n) is 1.37. The number of nitrogens with two attached hydrogens (primary N) is 1. The minimum Gasteiger partial charge on any atom is -0.397 e. The van der Waals surface area contributed by atoms with Crippen LogP contribution in [0.2, 0.25) is 0 Å². The largest absolute Gasteiger partial charge is 0.397 e. The van der Waals surface area contributed by atoms with Crippen LogP contribution in [0.1, 0.15) is 6.42 Å². The first-order valence-electron chi connectivity index (χ1n) is 3.77. The Bertz CT molecular complexity index is 242. The fourth-order valence-electron chi connectivity index (χ4n) is 0.772. The molecule has 0 bridgehead atoms. The lowest BCUT2D eigenvalue weighted by atomic mass is 10.4. The third-order valence-corrected chi connectivity index (χ3v) is 2.55. The number of anilines is 1. The van der Waals surface area contributed by atoms with E-state index in [0.717, 1.165) is 17.1 Å². The van der Waals surface area contributed by atoms with Gasteiger partial charge < -0.3 is 10.8 Å². The maximum absolute atomic E-state index is 8.56. The van der Waals surface area contributed by atoms with Crippen LogP contribution in [0.15, 0.2) is 23.4 Å². The number of aliphatic hydroxyl groups is 1. The maximum atomic E-state index is 8.56. The highest BCUT2D eigenvalue weighted by atomic mass is 32.2. The van der Waals surface area contributed by atoms with E-state index < -0.39 is 0 Å². The van der Waals surface area contributed by atoms with Crippen molar-refractivity contribution in [1.82, 2.24) is 4.98 Å². The van der Waals surface area contributed by atoms with Crippen LogP contribution in [0, 0.1) is 0 Å². The lowest BCUT2D eigenvalue weighted by molar-refractivity contribution is 0.296. The molecule has 0 amide bonds. The second-order valence-corrected chi connectivity index (χ2v) is 3.48. The van der Waals surface area contributed by atoms with E-state index in [2.05, 4.69) is 4.98 Å². The molecule has 1 aromatic rings. The van der Waals surface area contributed by atoms with Gasteiger partial charge in [0.15, 0.2) is 0 Å². The fourth-order valence-corrected chi connectivity index (χ4v) is 1.64. The molecule has 1 heterocycles. The molecule has 0 saturated heterocycles. The summed E-state index contributed by atoms with van der Waals surface area (Å²) in [6.07, 6.45) is 4.16. The Hall–Kier alpha value is -0.740. The van der Waals surface area contributed by atoms with Gasteiger partial charge in [-0.05, 0) is 12.5 Å². The molecule has 4 heteroatoms. The number of hydrogen-bond donors (Lipinski definition) is 2. The quantitative estimate of drug-likeness (QED) is 0.544. The molecule has 66 valence electrons. The van der Waals surface area contributed by atoms with Crippen molar-refractivity contribution in [3.05, 3.63) is 18.5 Å². The third kappa shape index (κ3) is 2.71. The van der Waals surface area contributed by atoms with Gasteiger partial charge in [-0.25, -0.2) is 0 Å². The summed E-state index contributed by atoms with van der Waals surface area (Å²) in [5.74, 6) is 0.894. The van der Waals surface area contributed by atoms with Crippen molar-refractivity contribution >= 4 is 17.4 Å². The minimum absolute atomic E-state index is 0.234. The van der Waals surface area contributed by atoms with Gasteiger partial charge in [-0.3, -0.25) is 4.98 Å². The van der Waals surface area contributed by atoms with Crippen molar-refractivity contribution in [3.63, 3.8) is 0 Å². The summed E-state index contributed by atoms with van der Waals surface area (Å²) >= 11 is 1.65. The smallest absolute Gasteiger partial charge is 0.0638 e. The predicted molar refractivity (Wildman–Crippen MR) is 51.1 cm³/mol. The maximum Gasteiger partial charge on any atom is 0.0638 e. The number of hydrogen-bond acceptors (Lipinski definition) is 4. The highest BCUT2D eigenvalue weighted by Crippen LogP contribution is 2.23. The summed E-state index contributed by atoms with van der Waals surface area (Å²) in [6.45, 7) is 0.234. The molecule has 0 aliphatic rings. The van der Waals surface area contributed by atoms with E-state index in [1.54, 1.807) is 24.2 Å². The molecule has 1 aromatic heterocycles. The molecule has 0 unspecified atom stereocenters. The topological polar surface area (TPSA) is 59.1 Å². The van der Waals surface area contributed by atoms with Crippen LogP contribution in [0.5, 0.6) is 0 Å². The highest BCUT2D eigenvalue weighted by Gasteiger charge is 1.97. The number of aromatic nitrogens is 1. The number of aliphatic hydroxyl groups excluding tert-OH is 1. The normalized spacial score (nSPS) is 10.1. The zero-order valence-corrected chi connectivity index (χ0v) is 7.55. The molecule has 12 heavy (non-hydrogen) atoms. The zero-order chi connectivity index (χ0) is 8.81. The highest BCUT2D eigenvalue weighted by molar-refractivity contribution is 7.99. The van der Waals surface area contributed by atoms with Crippen LogP contribution in [0.25, 0.3) is 0 Å². The Kier molecular flexibility index (Phi) is 3.90. The van der Waals surface area contributed by atoms with Crippen LogP contribution in [-0.2, 0) is 0 Å². The van der Waals surface area contributed by atoms with E-state index in [9.17, 15) is 0 Å². The molecule has 0 aliphatic carbocycles. The van der Waals surface area contributed by atoms with Gasteiger partial charge in [-0.2, -0.15) is 0 Å². The van der Waals surface area contributed by atoms with E-state index in [0.29, 0.717) is 5.69 Å². The molecule has 0 spiro atoms. The number of pyridine rings is 1. The van der Waals surface area contributed by atoms with Gasteiger partial charge in [0, 0.05) is 23.5 Å². The molecule has 3 N–H and O–H groups in total. The van der Waals surface area contributed by atoms with Gasteiger partial charge in [-0.1, -0.05) is 0 Å². The number of nitrogens with zero attached hydrogens (tertiary/aromatic N) is 1. The monoisotopic (exact) mass is 184 g/mol. The molecule has 0 aliphatic heterocycles. The number of thioether (sulfide) groups is 1. The summed E-state index contributed by atoms with van der Waals surface area (Å²) < 4.78 is 0. The molecular formula is C8H12N2OS. The van der Waals surface area contributed by atoms with E-state index in [-0.39, 0.29) is 6.61 Å². The summed E-state index contributed by atoms with van der Waals surface area (Å²) in [6, 6.07) is 1.89. The second kappa shape index (κ2) is 5.00. The summed E-state index contributed by atoms with van der Waals surface area (Å²) in [4.78, 5) is 4.93. The summed E-state index contributed by atoms with van der Waals surface area (Å²) in [5, 5.41) is 8.56. The average molecular weight is 184 g/mol. The molecule has 0 atom stereocenters. The van der Waals surface area contributed by atoms with Crippen LogP contribution >= 0.6 is 11.8 Å². The van der Waals surface area contributed by atoms with E-state index >= 15 is 0 Å². The first-order valence-corrected chi connectivity index (χ1v) is 4.76. The number of nitrogen functional groups attached to an aromatic ring is 1. The van der Waals surface area contributed by atoms with Gasteiger partial charge in [0.2, 0.25) is 0 Å². The van der Waals surface area contributed by atoms with Crippen LogP contribution < -0.4 is 5.73 Å². The molecule has 0 saturated carbocycles. The van der Waals surface area contributed by atoms with E-state index in [1.165, 1.54) is 0 Å². The minimum atomic E-state index is 0.234.